The second-order valence-electron chi connectivity index (χ2n) is 5.32. The van der Waals surface area contributed by atoms with Gasteiger partial charge >= 0.3 is 0 Å². The Morgan fingerprint density at radius 1 is 1.20 bits per heavy atom. The molecule has 2 N–H and O–H groups in total. The van der Waals surface area contributed by atoms with Gasteiger partial charge < -0.3 is 5.32 Å². The van der Waals surface area contributed by atoms with Crippen LogP contribution in [-0.4, -0.2) is 68.5 Å². The molecule has 1 unspecified atom stereocenters. The van der Waals surface area contributed by atoms with Crippen molar-refractivity contribution in [3.05, 3.63) is 0 Å². The van der Waals surface area contributed by atoms with Crippen LogP contribution in [0.2, 0.25) is 0 Å². The summed E-state index contributed by atoms with van der Waals surface area (Å²) in [5, 5.41) is 3.59. The summed E-state index contributed by atoms with van der Waals surface area (Å²) in [4.78, 5) is 0. The Hall–Kier alpha value is 0.530. The highest BCUT2D eigenvalue weighted by molar-refractivity contribution is 8.06. The lowest BCUT2D eigenvalue weighted by atomic mass is 9.98. The monoisotopic (exact) mass is 339 g/mol. The van der Waals surface area contributed by atoms with Gasteiger partial charge in [-0.3, -0.25) is 0 Å². The molecule has 2 fully saturated rings. The summed E-state index contributed by atoms with van der Waals surface area (Å²) < 4.78 is 29.0. The van der Waals surface area contributed by atoms with Crippen LogP contribution in [0.4, 0.5) is 0 Å². The summed E-state index contributed by atoms with van der Waals surface area (Å²) in [6, 6.07) is 0. The van der Waals surface area contributed by atoms with Crippen molar-refractivity contribution < 1.29 is 8.42 Å². The molecule has 2 rings (SSSR count). The van der Waals surface area contributed by atoms with Crippen molar-refractivity contribution >= 4 is 33.7 Å². The van der Waals surface area contributed by atoms with Gasteiger partial charge in [0.25, 0.3) is 10.2 Å². The van der Waals surface area contributed by atoms with E-state index in [9.17, 15) is 8.42 Å². The summed E-state index contributed by atoms with van der Waals surface area (Å²) in [5.74, 6) is 3.98. The first-order valence-electron chi connectivity index (χ1n) is 7.20. The lowest BCUT2D eigenvalue weighted by Gasteiger charge is -2.31. The Morgan fingerprint density at radius 2 is 1.95 bits per heavy atom. The maximum absolute atomic E-state index is 12.3. The fourth-order valence-electron chi connectivity index (χ4n) is 2.59. The smallest absolute Gasteiger partial charge is 0.279 e. The molecular formula is C12H25N3O2S3. The zero-order valence-electron chi connectivity index (χ0n) is 12.0. The molecule has 0 saturated carbocycles. The minimum atomic E-state index is -3.28. The zero-order chi connectivity index (χ0) is 14.4. The minimum Gasteiger partial charge on any atom is -0.319 e. The molecule has 1 atom stereocenters. The van der Waals surface area contributed by atoms with Crippen LogP contribution in [0, 0.1) is 5.92 Å². The summed E-state index contributed by atoms with van der Waals surface area (Å²) >= 11 is 3.80. The van der Waals surface area contributed by atoms with E-state index in [1.807, 2.05) is 30.6 Å². The largest absolute Gasteiger partial charge is 0.319 e. The average molecular weight is 340 g/mol. The first-order valence-corrected chi connectivity index (χ1v) is 10.8. The van der Waals surface area contributed by atoms with Gasteiger partial charge in [-0.05, 0) is 32.4 Å². The lowest BCUT2D eigenvalue weighted by molar-refractivity contribution is 0.268. The number of nitrogens with zero attached hydrogens (tertiary/aromatic N) is 1. The predicted molar refractivity (Wildman–Crippen MR) is 88.7 cm³/mol. The Kier molecular flexibility index (Phi) is 6.96. The molecule has 2 saturated heterocycles. The molecule has 20 heavy (non-hydrogen) atoms. The van der Waals surface area contributed by atoms with Gasteiger partial charge in [0.15, 0.2) is 0 Å². The van der Waals surface area contributed by atoms with Gasteiger partial charge in [-0.15, -0.1) is 0 Å². The maximum Gasteiger partial charge on any atom is 0.279 e. The van der Waals surface area contributed by atoms with Gasteiger partial charge in [0, 0.05) is 42.1 Å². The minimum absolute atomic E-state index is 0.422. The van der Waals surface area contributed by atoms with Crippen LogP contribution < -0.4 is 10.0 Å². The van der Waals surface area contributed by atoms with Crippen LogP contribution in [-0.2, 0) is 10.2 Å². The molecule has 0 aromatic heterocycles. The third-order valence-corrected chi connectivity index (χ3v) is 8.21. The lowest BCUT2D eigenvalue weighted by Crippen LogP contribution is -2.47. The topological polar surface area (TPSA) is 61.4 Å². The molecule has 5 nitrogen and oxygen atoms in total. The fourth-order valence-corrected chi connectivity index (χ4v) is 6.59. The fraction of sp³-hybridized carbons (Fsp3) is 1.00. The number of hydrogen-bond acceptors (Lipinski definition) is 5. The molecule has 0 aliphatic carbocycles. The second kappa shape index (κ2) is 8.24. The van der Waals surface area contributed by atoms with E-state index in [-0.39, 0.29) is 0 Å². The molecule has 0 bridgehead atoms. The summed E-state index contributed by atoms with van der Waals surface area (Å²) in [6.45, 7) is 2.84. The van der Waals surface area contributed by atoms with Crippen LogP contribution in [0.1, 0.15) is 12.8 Å². The Labute approximate surface area is 131 Å². The van der Waals surface area contributed by atoms with E-state index in [0.29, 0.717) is 30.8 Å². The van der Waals surface area contributed by atoms with Gasteiger partial charge in [0.1, 0.15) is 0 Å². The number of nitrogens with one attached hydrogen (secondary N) is 2. The molecule has 0 radical (unpaired) electrons. The third-order valence-electron chi connectivity index (χ3n) is 3.78. The van der Waals surface area contributed by atoms with Crippen molar-refractivity contribution in [3.63, 3.8) is 0 Å². The molecule has 2 aliphatic heterocycles. The number of hydrogen-bond donors (Lipinski definition) is 2. The van der Waals surface area contributed by atoms with E-state index in [1.54, 1.807) is 4.31 Å². The average Bonchev–Trinajstić information content (AvgIpc) is 2.47. The number of rotatable bonds is 6. The van der Waals surface area contributed by atoms with Crippen LogP contribution in [0.25, 0.3) is 0 Å². The molecule has 0 aromatic carbocycles. The van der Waals surface area contributed by atoms with Gasteiger partial charge in [0.2, 0.25) is 0 Å². The Morgan fingerprint density at radius 3 is 2.55 bits per heavy atom. The van der Waals surface area contributed by atoms with Crippen molar-refractivity contribution in [2.45, 2.75) is 18.1 Å². The summed E-state index contributed by atoms with van der Waals surface area (Å²) in [5.41, 5.74) is 0. The highest BCUT2D eigenvalue weighted by atomic mass is 32.2. The molecule has 2 heterocycles. The van der Waals surface area contributed by atoms with Gasteiger partial charge in [-0.25, -0.2) is 4.72 Å². The first-order chi connectivity index (χ1) is 9.62. The number of thioether (sulfide) groups is 2. The molecule has 8 heteroatoms. The number of piperidine rings is 1. The molecule has 2 aliphatic rings. The highest BCUT2D eigenvalue weighted by Crippen LogP contribution is 2.24. The van der Waals surface area contributed by atoms with Crippen molar-refractivity contribution in [1.29, 1.82) is 0 Å². The first kappa shape index (κ1) is 16.9. The van der Waals surface area contributed by atoms with Gasteiger partial charge in [-0.1, -0.05) is 0 Å². The van der Waals surface area contributed by atoms with Crippen molar-refractivity contribution in [3.8, 4) is 0 Å². The predicted octanol–water partition coefficient (Wildman–Crippen LogP) is 0.601. The van der Waals surface area contributed by atoms with Crippen LogP contribution in [0.5, 0.6) is 0 Å². The van der Waals surface area contributed by atoms with Gasteiger partial charge in [-0.2, -0.15) is 36.2 Å². The van der Waals surface area contributed by atoms with E-state index >= 15 is 0 Å². The normalized spacial score (nSPS) is 26.8. The van der Waals surface area contributed by atoms with Gasteiger partial charge in [0.05, 0.1) is 0 Å². The van der Waals surface area contributed by atoms with Crippen LogP contribution in [0.3, 0.4) is 0 Å². The molecule has 118 valence electrons. The zero-order valence-corrected chi connectivity index (χ0v) is 14.5. The molecular weight excluding hydrogens is 314 g/mol. The van der Waals surface area contributed by atoms with E-state index in [4.69, 9.17) is 0 Å². The van der Waals surface area contributed by atoms with Crippen LogP contribution in [0.15, 0.2) is 0 Å². The summed E-state index contributed by atoms with van der Waals surface area (Å²) in [6.07, 6.45) is 1.91. The molecule has 0 spiro atoms. The highest BCUT2D eigenvalue weighted by Gasteiger charge is 2.28. The van der Waals surface area contributed by atoms with Crippen molar-refractivity contribution in [2.24, 2.45) is 5.92 Å². The SMILES string of the molecule is CNCC1CCN(S(=O)(=O)NCC2CSCCS2)CC1. The molecule has 0 aromatic rings. The Balaban J connectivity index is 1.75. The maximum atomic E-state index is 12.3. The Bertz CT molecular complexity index is 377. The quantitative estimate of drug-likeness (QED) is 0.742. The standard InChI is InChI=1S/C12H25N3O2S3/c1-13-8-11-2-4-15(5-3-11)20(16,17)14-9-12-10-18-6-7-19-12/h11-14H,2-10H2,1H3. The molecule has 0 amide bonds. The van der Waals surface area contributed by atoms with Crippen molar-refractivity contribution in [2.75, 3.05) is 50.5 Å². The summed E-state index contributed by atoms with van der Waals surface area (Å²) in [7, 11) is -1.33. The second-order valence-corrected chi connectivity index (χ2v) is 9.63. The van der Waals surface area contributed by atoms with Crippen molar-refractivity contribution in [1.82, 2.24) is 14.3 Å². The van der Waals surface area contributed by atoms with E-state index in [1.165, 1.54) is 5.75 Å². The third kappa shape index (κ3) is 5.06. The van der Waals surface area contributed by atoms with E-state index < -0.39 is 10.2 Å². The van der Waals surface area contributed by atoms with E-state index in [2.05, 4.69) is 10.0 Å². The van der Waals surface area contributed by atoms with E-state index in [0.717, 1.165) is 30.9 Å². The van der Waals surface area contributed by atoms with Crippen LogP contribution >= 0.6 is 23.5 Å².